The summed E-state index contributed by atoms with van der Waals surface area (Å²) in [6.07, 6.45) is 1.23. The Morgan fingerprint density at radius 2 is 1.65 bits per heavy atom. The van der Waals surface area contributed by atoms with Crippen LogP contribution in [-0.2, 0) is 16.0 Å². The molecule has 0 bridgehead atoms. The van der Waals surface area contributed by atoms with Crippen LogP contribution in [0.15, 0.2) is 85.1 Å². The molecule has 1 atom stereocenters. The predicted octanol–water partition coefficient (Wildman–Crippen LogP) is 5.11. The van der Waals surface area contributed by atoms with Crippen LogP contribution >= 0.6 is 0 Å². The Kier molecular flexibility index (Phi) is 5.72. The summed E-state index contributed by atoms with van der Waals surface area (Å²) in [5.74, 6) is -1.16. The van der Waals surface area contributed by atoms with Gasteiger partial charge in [0.2, 0.25) is 0 Å². The minimum atomic E-state index is -1.08. The van der Waals surface area contributed by atoms with Gasteiger partial charge in [-0.25, -0.2) is 9.59 Å². The maximum Gasteiger partial charge on any atom is 0.410 e. The van der Waals surface area contributed by atoms with Gasteiger partial charge in [-0.15, -0.1) is 0 Å². The van der Waals surface area contributed by atoms with Crippen molar-refractivity contribution in [3.63, 3.8) is 0 Å². The highest BCUT2D eigenvalue weighted by Crippen LogP contribution is 2.44. The van der Waals surface area contributed by atoms with E-state index in [2.05, 4.69) is 17.1 Å². The molecule has 0 aliphatic heterocycles. The van der Waals surface area contributed by atoms with Gasteiger partial charge in [0.25, 0.3) is 0 Å². The fourth-order valence-corrected chi connectivity index (χ4v) is 4.69. The molecule has 3 aromatic carbocycles. The maximum atomic E-state index is 12.9. The van der Waals surface area contributed by atoms with Crippen LogP contribution in [0.2, 0.25) is 0 Å². The lowest BCUT2D eigenvalue weighted by molar-refractivity contribution is -0.142. The number of carbonyl (C=O) groups is 2. The number of ether oxygens (including phenoxy) is 1. The van der Waals surface area contributed by atoms with Gasteiger partial charge in [0.15, 0.2) is 0 Å². The second kappa shape index (κ2) is 8.98. The standard InChI is InChI=1S/C28H24N2O4/c1-30(26(27(31)32)16-18-12-13-25-19(15-18)7-6-14-29-25)28(33)34-17-24-22-10-4-2-8-20(22)21-9-3-5-11-23(21)24/h2-15,24,26H,16-17H2,1H3,(H,31,32)/t26-/m0/s1. The summed E-state index contributed by atoms with van der Waals surface area (Å²) in [5.41, 5.74) is 6.15. The van der Waals surface area contributed by atoms with E-state index >= 15 is 0 Å². The van der Waals surface area contributed by atoms with Crippen LogP contribution in [0.3, 0.4) is 0 Å². The van der Waals surface area contributed by atoms with Crippen molar-refractivity contribution in [1.29, 1.82) is 0 Å². The highest BCUT2D eigenvalue weighted by molar-refractivity contribution is 5.82. The van der Waals surface area contributed by atoms with Crippen LogP contribution in [-0.4, -0.2) is 46.7 Å². The largest absolute Gasteiger partial charge is 0.480 e. The number of aromatic nitrogens is 1. The zero-order valence-electron chi connectivity index (χ0n) is 18.7. The quantitative estimate of drug-likeness (QED) is 0.440. The second-order valence-corrected chi connectivity index (χ2v) is 8.50. The summed E-state index contributed by atoms with van der Waals surface area (Å²) in [4.78, 5) is 30.4. The Morgan fingerprint density at radius 1 is 0.971 bits per heavy atom. The van der Waals surface area contributed by atoms with Gasteiger partial charge >= 0.3 is 12.1 Å². The van der Waals surface area contributed by atoms with Crippen molar-refractivity contribution in [3.05, 3.63) is 102 Å². The Balaban J connectivity index is 1.31. The molecule has 0 fully saturated rings. The summed E-state index contributed by atoms with van der Waals surface area (Å²) < 4.78 is 5.65. The summed E-state index contributed by atoms with van der Waals surface area (Å²) >= 11 is 0. The van der Waals surface area contributed by atoms with E-state index in [1.54, 1.807) is 6.20 Å². The number of hydrogen-bond acceptors (Lipinski definition) is 4. The fourth-order valence-electron chi connectivity index (χ4n) is 4.69. The molecule has 6 nitrogen and oxygen atoms in total. The Hall–Kier alpha value is -4.19. The highest BCUT2D eigenvalue weighted by Gasteiger charge is 2.32. The van der Waals surface area contributed by atoms with Crippen molar-refractivity contribution in [2.75, 3.05) is 13.7 Å². The molecule has 1 aliphatic carbocycles. The van der Waals surface area contributed by atoms with Crippen molar-refractivity contribution in [2.24, 2.45) is 0 Å². The molecule has 1 aliphatic rings. The van der Waals surface area contributed by atoms with Crippen molar-refractivity contribution >= 4 is 23.0 Å². The molecular weight excluding hydrogens is 428 g/mol. The van der Waals surface area contributed by atoms with E-state index in [4.69, 9.17) is 4.74 Å². The minimum Gasteiger partial charge on any atom is -0.480 e. The van der Waals surface area contributed by atoms with Crippen LogP contribution in [0.25, 0.3) is 22.0 Å². The topological polar surface area (TPSA) is 79.7 Å². The maximum absolute atomic E-state index is 12.9. The number of fused-ring (bicyclic) bond motifs is 4. The molecule has 1 N–H and O–H groups in total. The number of hydrogen-bond donors (Lipinski definition) is 1. The highest BCUT2D eigenvalue weighted by atomic mass is 16.6. The van der Waals surface area contributed by atoms with Gasteiger partial charge in [-0.1, -0.05) is 60.7 Å². The van der Waals surface area contributed by atoms with E-state index < -0.39 is 18.1 Å². The molecule has 1 heterocycles. The minimum absolute atomic E-state index is 0.0824. The molecule has 0 unspecified atom stereocenters. The molecule has 5 rings (SSSR count). The Bertz CT molecular complexity index is 1340. The Labute approximate surface area is 197 Å². The number of aliphatic carboxylic acids is 1. The van der Waals surface area contributed by atoms with Crippen LogP contribution in [0.4, 0.5) is 4.79 Å². The monoisotopic (exact) mass is 452 g/mol. The van der Waals surface area contributed by atoms with Gasteiger partial charge < -0.3 is 9.84 Å². The molecule has 34 heavy (non-hydrogen) atoms. The molecule has 0 spiro atoms. The summed E-state index contributed by atoms with van der Waals surface area (Å²) in [7, 11) is 1.47. The molecular formula is C28H24N2O4. The van der Waals surface area contributed by atoms with Gasteiger partial charge in [0.1, 0.15) is 12.6 Å². The second-order valence-electron chi connectivity index (χ2n) is 8.50. The van der Waals surface area contributed by atoms with Crippen LogP contribution in [0, 0.1) is 0 Å². The lowest BCUT2D eigenvalue weighted by Gasteiger charge is -2.25. The smallest absolute Gasteiger partial charge is 0.410 e. The first-order valence-electron chi connectivity index (χ1n) is 11.2. The van der Waals surface area contributed by atoms with E-state index in [1.165, 1.54) is 11.9 Å². The number of pyridine rings is 1. The summed E-state index contributed by atoms with van der Waals surface area (Å²) in [6, 6.07) is 24.5. The number of likely N-dealkylation sites (N-methyl/N-ethyl adjacent to an activating group) is 1. The van der Waals surface area contributed by atoms with E-state index in [0.29, 0.717) is 0 Å². The molecule has 1 amide bonds. The van der Waals surface area contributed by atoms with Crippen molar-refractivity contribution < 1.29 is 19.4 Å². The number of nitrogens with zero attached hydrogens (tertiary/aromatic N) is 2. The van der Waals surface area contributed by atoms with Gasteiger partial charge in [-0.2, -0.15) is 0 Å². The zero-order chi connectivity index (χ0) is 23.7. The molecule has 170 valence electrons. The average molecular weight is 453 g/mol. The van der Waals surface area contributed by atoms with Gasteiger partial charge in [0.05, 0.1) is 5.52 Å². The Morgan fingerprint density at radius 3 is 2.32 bits per heavy atom. The first-order chi connectivity index (χ1) is 16.5. The molecule has 0 radical (unpaired) electrons. The SMILES string of the molecule is CN(C(=O)OCC1c2ccccc2-c2ccccc21)[C@@H](Cc1ccc2ncccc2c1)C(=O)O. The number of carbonyl (C=O) groups excluding carboxylic acids is 1. The van der Waals surface area contributed by atoms with E-state index in [9.17, 15) is 14.7 Å². The summed E-state index contributed by atoms with van der Waals surface area (Å²) in [6.45, 7) is 0.144. The normalized spacial score (nSPS) is 13.2. The lowest BCUT2D eigenvalue weighted by Crippen LogP contribution is -2.44. The van der Waals surface area contributed by atoms with Crippen molar-refractivity contribution in [1.82, 2.24) is 9.88 Å². The first kappa shape index (κ1) is 21.6. The van der Waals surface area contributed by atoms with Crippen LogP contribution < -0.4 is 0 Å². The molecule has 0 saturated heterocycles. The van der Waals surface area contributed by atoms with Crippen LogP contribution in [0.1, 0.15) is 22.6 Å². The van der Waals surface area contributed by atoms with Gasteiger partial charge in [-0.3, -0.25) is 9.88 Å². The van der Waals surface area contributed by atoms with Crippen molar-refractivity contribution in [3.8, 4) is 11.1 Å². The van der Waals surface area contributed by atoms with E-state index in [1.807, 2.05) is 66.7 Å². The average Bonchev–Trinajstić information content (AvgIpc) is 3.19. The van der Waals surface area contributed by atoms with Crippen molar-refractivity contribution in [2.45, 2.75) is 18.4 Å². The van der Waals surface area contributed by atoms with Crippen LogP contribution in [0.5, 0.6) is 0 Å². The van der Waals surface area contributed by atoms with E-state index in [-0.39, 0.29) is 18.9 Å². The first-order valence-corrected chi connectivity index (χ1v) is 11.2. The lowest BCUT2D eigenvalue weighted by atomic mass is 9.98. The number of amides is 1. The predicted molar refractivity (Wildman–Crippen MR) is 130 cm³/mol. The molecule has 4 aromatic rings. The number of benzene rings is 3. The molecule has 6 heteroatoms. The number of rotatable bonds is 6. The third-order valence-electron chi connectivity index (χ3n) is 6.47. The number of carboxylic acid groups (broad SMARTS) is 1. The van der Waals surface area contributed by atoms with Gasteiger partial charge in [0, 0.05) is 31.0 Å². The zero-order valence-corrected chi connectivity index (χ0v) is 18.7. The molecule has 0 saturated carbocycles. The molecule has 1 aromatic heterocycles. The number of carboxylic acids is 1. The summed E-state index contributed by atoms with van der Waals surface area (Å²) in [5, 5.41) is 10.8. The van der Waals surface area contributed by atoms with Gasteiger partial charge in [-0.05, 0) is 46.0 Å². The fraction of sp³-hybridized carbons (Fsp3) is 0.179. The third kappa shape index (κ3) is 3.99. The van der Waals surface area contributed by atoms with E-state index in [0.717, 1.165) is 38.7 Å². The third-order valence-corrected chi connectivity index (χ3v) is 6.47.